The summed E-state index contributed by atoms with van der Waals surface area (Å²) in [5.41, 5.74) is -5.76. The molecule has 6 N–H and O–H groups in total. The van der Waals surface area contributed by atoms with Crippen molar-refractivity contribution in [1.29, 1.82) is 0 Å². The van der Waals surface area contributed by atoms with Crippen LogP contribution in [0.15, 0.2) is 92.4 Å². The van der Waals surface area contributed by atoms with Crippen LogP contribution in [0.2, 0.25) is 0 Å². The van der Waals surface area contributed by atoms with Crippen LogP contribution in [0.5, 0.6) is 0 Å². The van der Waals surface area contributed by atoms with Gasteiger partial charge < -0.3 is 80.9 Å². The second-order valence-corrected chi connectivity index (χ2v) is 28.4. The van der Waals surface area contributed by atoms with Crippen molar-refractivity contribution in [1.82, 2.24) is 23.8 Å². The maximum absolute atomic E-state index is 12.9. The minimum absolute atomic E-state index is 0.0662. The highest BCUT2D eigenvalue weighted by atomic mass is 31.2. The van der Waals surface area contributed by atoms with Crippen LogP contribution in [0.25, 0.3) is 10.8 Å². The van der Waals surface area contributed by atoms with Gasteiger partial charge >= 0.3 is 36.9 Å². The molecule has 8 aliphatic rings. The van der Waals surface area contributed by atoms with Crippen molar-refractivity contribution >= 4 is 42.0 Å². The van der Waals surface area contributed by atoms with Crippen molar-refractivity contribution in [3.05, 3.63) is 115 Å². The van der Waals surface area contributed by atoms with E-state index < -0.39 is 126 Å². The van der Waals surface area contributed by atoms with Gasteiger partial charge in [-0.1, -0.05) is 24.3 Å². The third-order valence-electron chi connectivity index (χ3n) is 16.4. The maximum atomic E-state index is 12.9. The topological polar surface area (TPSA) is 435 Å². The number of benzene rings is 1. The summed E-state index contributed by atoms with van der Waals surface area (Å²) in [5, 5.41) is 3.84. The fraction of sp³-hybridized carbons (Fsp3) is 0.654. The van der Waals surface area contributed by atoms with Crippen LogP contribution in [0, 0.1) is 0 Å². The Morgan fingerprint density at radius 1 is 0.533 bits per heavy atom. The highest BCUT2D eigenvalue weighted by molar-refractivity contribution is 7.50. The zero-order valence-corrected chi connectivity index (χ0v) is 54.7. The van der Waals surface area contributed by atoms with E-state index in [1.165, 1.54) is 48.8 Å². The Morgan fingerprint density at radius 3 is 1.55 bits per heavy atom. The molecule has 8 bridgehead atoms. The van der Waals surface area contributed by atoms with Crippen LogP contribution in [-0.2, 0) is 107 Å². The summed E-state index contributed by atoms with van der Waals surface area (Å²) in [5.74, 6) is 0. The van der Waals surface area contributed by atoms with Gasteiger partial charge in [-0.05, 0) is 30.5 Å². The number of methoxy groups -OCH3 is 4. The number of nitrogens with zero attached hydrogens (tertiary/aromatic N) is 3. The summed E-state index contributed by atoms with van der Waals surface area (Å²) < 4.78 is 152. The Hall–Kier alpha value is -3.98. The largest absolute Gasteiger partial charge is 0.472 e. The normalized spacial score (nSPS) is 35.6. The van der Waals surface area contributed by atoms with E-state index in [0.29, 0.717) is 18.4 Å². The summed E-state index contributed by atoms with van der Waals surface area (Å²) >= 11 is 0. The van der Waals surface area contributed by atoms with E-state index in [2.05, 4.69) is 28.2 Å². The van der Waals surface area contributed by atoms with Gasteiger partial charge in [0.2, 0.25) is 0 Å². The second kappa shape index (κ2) is 29.0. The predicted octanol–water partition coefficient (Wildman–Crippen LogP) is 1.01. The molecule has 0 saturated carbocycles. The Morgan fingerprint density at radius 2 is 1.01 bits per heavy atom. The second-order valence-electron chi connectivity index (χ2n) is 22.2. The maximum Gasteiger partial charge on any atom is 0.472 e. The average molecular weight is 1390 g/mol. The fourth-order valence-corrected chi connectivity index (χ4v) is 15.2. The minimum atomic E-state index is -4.30. The van der Waals surface area contributed by atoms with Crippen LogP contribution >= 0.6 is 31.2 Å². The Balaban J connectivity index is 0.000000146. The molecule has 4 aromatic rings. The lowest BCUT2D eigenvalue weighted by atomic mass is 9.90. The summed E-state index contributed by atoms with van der Waals surface area (Å²) in [6.07, 6.45) is -2.86. The quantitative estimate of drug-likeness (QED) is 0.0564. The van der Waals surface area contributed by atoms with E-state index in [9.17, 15) is 57.0 Å². The van der Waals surface area contributed by atoms with Gasteiger partial charge in [0.1, 0.15) is 65.1 Å². The zero-order valence-electron chi connectivity index (χ0n) is 51.2. The summed E-state index contributed by atoms with van der Waals surface area (Å²) in [4.78, 5) is 88.9. The minimum Gasteiger partial charge on any atom is -0.382 e. The molecule has 36 nitrogen and oxygen atoms in total. The van der Waals surface area contributed by atoms with Crippen molar-refractivity contribution < 1.29 is 126 Å². The van der Waals surface area contributed by atoms with E-state index in [4.69, 9.17) is 70.4 Å². The molecule has 40 heteroatoms. The number of phosphoric acid groups is 3. The molecule has 8 aliphatic heterocycles. The molecule has 0 radical (unpaired) electrons. The average Bonchev–Trinajstić information content (AvgIpc) is 1.59. The molecule has 0 aliphatic carbocycles. The van der Waals surface area contributed by atoms with Crippen LogP contribution in [-0.4, -0.2) is 225 Å². The van der Waals surface area contributed by atoms with Gasteiger partial charge in [0, 0.05) is 99.4 Å². The highest BCUT2D eigenvalue weighted by Crippen LogP contribution is 2.57. The number of hydrogen-bond acceptors (Lipinski definition) is 27. The van der Waals surface area contributed by atoms with Crippen molar-refractivity contribution in [3.63, 3.8) is 0 Å². The molecule has 1 aromatic carbocycles. The zero-order chi connectivity index (χ0) is 66.8. The third-order valence-corrected chi connectivity index (χ3v) is 20.4. The SMILES string of the molecule is COC[C@@]12CCOC([C@H](C)O1)[C@H]2OP(=O)(O)OC.COC[C@@]12COC([C@H](n3ccc(=O)[nH]c3=O)O1)[C@H]2NP(=O)(O)OC.COC[C@@]12COC([C@H](n3ccc4ccccc4c3=O)O1)[C@H]2OP(=O)(O)OC.COC[C@@]12COC([C@H](n3ccccc3=O)O1)[C@H]2OP(=O)(O)OC. The number of pyridine rings is 2. The molecule has 3 aromatic heterocycles. The van der Waals surface area contributed by atoms with Crippen LogP contribution in [0.3, 0.4) is 0 Å². The lowest BCUT2D eigenvalue weighted by Gasteiger charge is -2.38. The number of nitrogens with one attached hydrogen (secondary N) is 2. The highest BCUT2D eigenvalue weighted by Gasteiger charge is 2.67. The standard InChI is InChI=1S/C17H20NO8P.C13H18NO8P.C12H18N3O8P.C10H19O7P/c1-22-9-17-10-24-13(14(17)26-27(20,21)23-2)16(25-17)18-8-7-11-5-3-4-6-12(11)15(18)19;1-18-7-13-8-20-10(11(13)22-23(16,17)19-2)12(21-13)14-6-4-3-5-9(14)15;1-20-5-12-6-22-8(9(12)14-24(18,19)21-2)10(23-12)15-4-3-7(16)13-11(15)17;1-7-8-9(17-18(11,12)14-3)10(16-7,6-13-2)4-5-15-8/h3-8,13-14,16H,9-10H2,1-2H3,(H,20,21);3-6,10-12H,7-8H2,1-2H3,(H,16,17);3-4,8-10H,5-6H2,1-2H3,(H,13,16,17)(H2,14,18,19);7-9H,4-6H2,1-3H3,(H,11,12)/t13?,14-,16-,17+;10?,11-,12-,13+;8?,9-,10-,12+;7-,8?,9+,10+/m1110/s1. The van der Waals surface area contributed by atoms with E-state index in [1.807, 2.05) is 19.1 Å². The van der Waals surface area contributed by atoms with Gasteiger partial charge in [0.05, 0.1) is 65.0 Å². The smallest absolute Gasteiger partial charge is 0.382 e. The first-order valence-electron chi connectivity index (χ1n) is 28.2. The lowest BCUT2D eigenvalue weighted by molar-refractivity contribution is -0.190. The van der Waals surface area contributed by atoms with Gasteiger partial charge in [-0.15, -0.1) is 0 Å². The van der Waals surface area contributed by atoms with Gasteiger partial charge in [-0.25, -0.2) is 28.1 Å². The van der Waals surface area contributed by atoms with Crippen LogP contribution in [0.4, 0.5) is 0 Å². The molecule has 8 fully saturated rings. The Labute approximate surface area is 524 Å². The van der Waals surface area contributed by atoms with Gasteiger partial charge in [0.15, 0.2) is 18.7 Å². The van der Waals surface area contributed by atoms with Gasteiger partial charge in [0.25, 0.3) is 16.7 Å². The van der Waals surface area contributed by atoms with Crippen molar-refractivity contribution in [2.24, 2.45) is 0 Å². The molecule has 20 atom stereocenters. The van der Waals surface area contributed by atoms with Crippen LogP contribution in [0.1, 0.15) is 32.0 Å². The number of hydrogen-bond donors (Lipinski definition) is 6. The summed E-state index contributed by atoms with van der Waals surface area (Å²) in [6.45, 7) is 3.20. The van der Waals surface area contributed by atoms with Crippen LogP contribution < -0.4 is 27.5 Å². The Kier molecular flexibility index (Phi) is 22.8. The number of ether oxygens (including phenoxy) is 12. The molecule has 11 heterocycles. The number of H-pyrrole nitrogens is 1. The molecule has 8 saturated heterocycles. The Bertz CT molecular complexity index is 3670. The molecular formula is C52H75N5O31P4. The first-order valence-corrected chi connectivity index (χ1v) is 34.2. The van der Waals surface area contributed by atoms with E-state index in [-0.39, 0.29) is 69.6 Å². The number of aromatic nitrogens is 4. The number of fused-ring (bicyclic) bond motifs is 9. The summed E-state index contributed by atoms with van der Waals surface area (Å²) in [7, 11) is -6.38. The van der Waals surface area contributed by atoms with E-state index in [0.717, 1.165) is 38.4 Å². The molecule has 0 spiro atoms. The monoisotopic (exact) mass is 1390 g/mol. The molecular weight excluding hydrogens is 1310 g/mol. The van der Waals surface area contributed by atoms with Crippen molar-refractivity contribution in [2.75, 3.05) is 110 Å². The molecule has 0 amide bonds. The van der Waals surface area contributed by atoms with Gasteiger partial charge in [-0.3, -0.25) is 60.2 Å². The van der Waals surface area contributed by atoms with E-state index >= 15 is 0 Å². The van der Waals surface area contributed by atoms with Crippen molar-refractivity contribution in [3.8, 4) is 0 Å². The van der Waals surface area contributed by atoms with Crippen molar-refractivity contribution in [2.45, 2.75) is 109 Å². The first kappa shape index (κ1) is 72.3. The molecule has 8 unspecified atom stereocenters. The predicted molar refractivity (Wildman–Crippen MR) is 312 cm³/mol. The number of phosphoric ester groups is 3. The lowest BCUT2D eigenvalue weighted by Crippen LogP contribution is -2.52. The fourth-order valence-electron chi connectivity index (χ4n) is 12.3. The number of rotatable bonds is 23. The molecule has 514 valence electrons. The first-order chi connectivity index (χ1) is 43.6. The van der Waals surface area contributed by atoms with Gasteiger partial charge in [-0.2, -0.15) is 0 Å². The molecule has 12 rings (SSSR count). The molecule has 92 heavy (non-hydrogen) atoms. The summed E-state index contributed by atoms with van der Waals surface area (Å²) in [6, 6.07) is 14.1. The number of aromatic amines is 1. The van der Waals surface area contributed by atoms with E-state index in [1.54, 1.807) is 49.8 Å². The third kappa shape index (κ3) is 14.8.